The highest BCUT2D eigenvalue weighted by Crippen LogP contribution is 2.15. The number of hydrogen-bond acceptors (Lipinski definition) is 2. The van der Waals surface area contributed by atoms with Crippen molar-refractivity contribution in [1.82, 2.24) is 0 Å². The maximum absolute atomic E-state index is 12.6. The van der Waals surface area contributed by atoms with Crippen molar-refractivity contribution in [3.05, 3.63) is 36.6 Å². The first-order valence-corrected chi connectivity index (χ1v) is 2.86. The van der Waals surface area contributed by atoms with Crippen LogP contribution in [0.2, 0.25) is 0 Å². The topological polar surface area (TPSA) is 39.2 Å². The van der Waals surface area contributed by atoms with Gasteiger partial charge in [-0.3, -0.25) is 0 Å². The Morgan fingerprint density at radius 1 is 1.80 bits per heavy atom. The van der Waals surface area contributed by atoms with Crippen molar-refractivity contribution in [1.29, 1.82) is 0 Å². The lowest BCUT2D eigenvalue weighted by atomic mass is 10.2. The molecule has 0 saturated heterocycles. The average molecular weight is 141 g/mol. The van der Waals surface area contributed by atoms with Crippen LogP contribution in [0.5, 0.6) is 0 Å². The molecule has 2 nitrogen and oxygen atoms in total. The van der Waals surface area contributed by atoms with Crippen LogP contribution in [-0.2, 0) is 0 Å². The van der Waals surface area contributed by atoms with Crippen molar-refractivity contribution in [2.75, 3.05) is 0 Å². The molecular formula is C7H8FNO. The lowest BCUT2D eigenvalue weighted by molar-refractivity contribution is 0.459. The minimum Gasteiger partial charge on any atom is -0.464 e. The standard InChI is InChI=1S/C7H8FNO/c1-2-6(9)7-5(8)3-4-10-7/h2-4,6H,1,9H2/t6-/m1/s1. The summed E-state index contributed by atoms with van der Waals surface area (Å²) in [5.74, 6) is -0.289. The van der Waals surface area contributed by atoms with Crippen LogP contribution in [0.3, 0.4) is 0 Å². The second-order valence-electron chi connectivity index (χ2n) is 1.89. The molecule has 1 heterocycles. The van der Waals surface area contributed by atoms with Crippen molar-refractivity contribution in [3.8, 4) is 0 Å². The minimum absolute atomic E-state index is 0.134. The number of halogens is 1. The molecule has 0 fully saturated rings. The molecule has 1 atom stereocenters. The maximum Gasteiger partial charge on any atom is 0.166 e. The Bertz CT molecular complexity index is 231. The summed E-state index contributed by atoms with van der Waals surface area (Å²) in [7, 11) is 0. The number of rotatable bonds is 2. The van der Waals surface area contributed by atoms with E-state index in [2.05, 4.69) is 6.58 Å². The summed E-state index contributed by atoms with van der Waals surface area (Å²) >= 11 is 0. The van der Waals surface area contributed by atoms with Gasteiger partial charge in [0.25, 0.3) is 0 Å². The van der Waals surface area contributed by atoms with Gasteiger partial charge in [0.15, 0.2) is 11.6 Å². The minimum atomic E-state index is -0.546. The first-order valence-electron chi connectivity index (χ1n) is 2.86. The molecule has 3 heteroatoms. The van der Waals surface area contributed by atoms with Crippen molar-refractivity contribution in [2.45, 2.75) is 6.04 Å². The zero-order valence-electron chi connectivity index (χ0n) is 5.38. The molecule has 2 N–H and O–H groups in total. The van der Waals surface area contributed by atoms with E-state index in [1.54, 1.807) is 0 Å². The Hall–Kier alpha value is -1.09. The molecule has 0 aliphatic rings. The number of nitrogens with two attached hydrogens (primary N) is 1. The molecule has 0 bridgehead atoms. The molecular weight excluding hydrogens is 133 g/mol. The summed E-state index contributed by atoms with van der Waals surface area (Å²) in [6.45, 7) is 3.41. The predicted octanol–water partition coefficient (Wildman–Crippen LogP) is 1.60. The fourth-order valence-electron chi connectivity index (χ4n) is 0.650. The Labute approximate surface area is 58.1 Å². The predicted molar refractivity (Wildman–Crippen MR) is 35.8 cm³/mol. The largest absolute Gasteiger partial charge is 0.464 e. The quantitative estimate of drug-likeness (QED) is 0.635. The SMILES string of the molecule is C=C[C@@H](N)c1occc1F. The van der Waals surface area contributed by atoms with Gasteiger partial charge in [-0.2, -0.15) is 0 Å². The monoisotopic (exact) mass is 141 g/mol. The first kappa shape index (κ1) is 7.02. The summed E-state index contributed by atoms with van der Waals surface area (Å²) in [5, 5.41) is 0. The molecule has 0 amide bonds. The Balaban J connectivity index is 2.92. The van der Waals surface area contributed by atoms with Crippen LogP contribution in [0, 0.1) is 5.82 Å². The summed E-state index contributed by atoms with van der Waals surface area (Å²) in [4.78, 5) is 0. The summed E-state index contributed by atoms with van der Waals surface area (Å²) in [6.07, 6.45) is 2.68. The highest BCUT2D eigenvalue weighted by molar-refractivity contribution is 5.11. The van der Waals surface area contributed by atoms with E-state index in [0.717, 1.165) is 0 Å². The van der Waals surface area contributed by atoms with Gasteiger partial charge in [0.05, 0.1) is 12.3 Å². The highest BCUT2D eigenvalue weighted by atomic mass is 19.1. The number of hydrogen-bond donors (Lipinski definition) is 1. The van der Waals surface area contributed by atoms with E-state index in [1.165, 1.54) is 18.4 Å². The molecule has 0 aliphatic heterocycles. The van der Waals surface area contributed by atoms with E-state index in [0.29, 0.717) is 0 Å². The molecule has 0 unspecified atom stereocenters. The zero-order valence-corrected chi connectivity index (χ0v) is 5.38. The van der Waals surface area contributed by atoms with E-state index in [9.17, 15) is 4.39 Å². The molecule has 0 aliphatic carbocycles. The van der Waals surface area contributed by atoms with Gasteiger partial charge in [0, 0.05) is 6.07 Å². The normalized spacial score (nSPS) is 13.0. The van der Waals surface area contributed by atoms with E-state index in [4.69, 9.17) is 10.2 Å². The van der Waals surface area contributed by atoms with E-state index in [1.807, 2.05) is 0 Å². The van der Waals surface area contributed by atoms with Gasteiger partial charge >= 0.3 is 0 Å². The third-order valence-corrected chi connectivity index (χ3v) is 1.20. The summed E-state index contributed by atoms with van der Waals surface area (Å²) in [5.41, 5.74) is 5.39. The highest BCUT2D eigenvalue weighted by Gasteiger charge is 2.10. The zero-order chi connectivity index (χ0) is 7.56. The summed E-state index contributed by atoms with van der Waals surface area (Å²) in [6, 6.07) is 0.675. The fraction of sp³-hybridized carbons (Fsp3) is 0.143. The molecule has 1 aromatic heterocycles. The van der Waals surface area contributed by atoms with E-state index < -0.39 is 11.9 Å². The Kier molecular flexibility index (Phi) is 1.87. The van der Waals surface area contributed by atoms with Crippen LogP contribution in [0.15, 0.2) is 29.4 Å². The van der Waals surface area contributed by atoms with Gasteiger partial charge in [-0.25, -0.2) is 4.39 Å². The molecule has 0 saturated carbocycles. The van der Waals surface area contributed by atoms with Gasteiger partial charge in [-0.15, -0.1) is 6.58 Å². The maximum atomic E-state index is 12.6. The van der Waals surface area contributed by atoms with Gasteiger partial charge in [0.2, 0.25) is 0 Å². The van der Waals surface area contributed by atoms with Crippen LogP contribution in [0.25, 0.3) is 0 Å². The fourth-order valence-corrected chi connectivity index (χ4v) is 0.650. The van der Waals surface area contributed by atoms with Crippen molar-refractivity contribution >= 4 is 0 Å². The molecule has 0 radical (unpaired) electrons. The van der Waals surface area contributed by atoms with Crippen molar-refractivity contribution < 1.29 is 8.81 Å². The average Bonchev–Trinajstić information content (AvgIpc) is 2.34. The van der Waals surface area contributed by atoms with Gasteiger partial charge in [-0.05, 0) is 0 Å². The van der Waals surface area contributed by atoms with Crippen molar-refractivity contribution in [2.24, 2.45) is 5.73 Å². The third kappa shape index (κ3) is 1.09. The van der Waals surface area contributed by atoms with Crippen LogP contribution in [0.1, 0.15) is 11.8 Å². The Morgan fingerprint density at radius 3 is 2.90 bits per heavy atom. The van der Waals surface area contributed by atoms with E-state index >= 15 is 0 Å². The van der Waals surface area contributed by atoms with Crippen LogP contribution in [0.4, 0.5) is 4.39 Å². The molecule has 54 valence electrons. The molecule has 10 heavy (non-hydrogen) atoms. The second kappa shape index (κ2) is 2.66. The van der Waals surface area contributed by atoms with E-state index in [-0.39, 0.29) is 5.76 Å². The lowest BCUT2D eigenvalue weighted by Crippen LogP contribution is -2.06. The Morgan fingerprint density at radius 2 is 2.50 bits per heavy atom. The van der Waals surface area contributed by atoms with Gasteiger partial charge < -0.3 is 10.2 Å². The molecule has 0 spiro atoms. The number of furan rings is 1. The van der Waals surface area contributed by atoms with Crippen LogP contribution < -0.4 is 5.73 Å². The van der Waals surface area contributed by atoms with Gasteiger partial charge in [0.1, 0.15) is 0 Å². The summed E-state index contributed by atoms with van der Waals surface area (Å²) < 4.78 is 17.3. The first-order chi connectivity index (χ1) is 4.75. The van der Waals surface area contributed by atoms with Crippen molar-refractivity contribution in [3.63, 3.8) is 0 Å². The smallest absolute Gasteiger partial charge is 0.166 e. The third-order valence-electron chi connectivity index (χ3n) is 1.20. The van der Waals surface area contributed by atoms with Crippen LogP contribution in [-0.4, -0.2) is 0 Å². The molecule has 1 aromatic rings. The van der Waals surface area contributed by atoms with Crippen LogP contribution >= 0.6 is 0 Å². The lowest BCUT2D eigenvalue weighted by Gasteiger charge is -1.99. The van der Waals surface area contributed by atoms with Gasteiger partial charge in [-0.1, -0.05) is 6.08 Å². The molecule has 0 aromatic carbocycles. The molecule has 1 rings (SSSR count). The second-order valence-corrected chi connectivity index (χ2v) is 1.89.